The Balaban J connectivity index is 1.96. The van der Waals surface area contributed by atoms with Gasteiger partial charge < -0.3 is 10.6 Å². The molecule has 2 N–H and O–H groups in total. The van der Waals surface area contributed by atoms with Crippen LogP contribution in [0, 0.1) is 5.92 Å². The number of nitrogens with one attached hydrogen (secondary N) is 2. The van der Waals surface area contributed by atoms with Gasteiger partial charge in [0.25, 0.3) is 0 Å². The molecule has 2 heteroatoms. The molecule has 0 unspecified atom stereocenters. The highest BCUT2D eigenvalue weighted by Crippen LogP contribution is 2.23. The van der Waals surface area contributed by atoms with E-state index in [0.29, 0.717) is 6.04 Å². The maximum atomic E-state index is 3.64. The summed E-state index contributed by atoms with van der Waals surface area (Å²) in [5.74, 6) is 0.960. The standard InChI is InChI=1S/C12H26N2/c1-10(2)13-8-9-14-12-6-4-11(3)5-7-12/h10-14H,4-9H2,1-3H3. The molecule has 1 aliphatic carbocycles. The molecule has 1 rings (SSSR count). The van der Waals surface area contributed by atoms with Gasteiger partial charge in [-0.2, -0.15) is 0 Å². The molecule has 0 amide bonds. The lowest BCUT2D eigenvalue weighted by Gasteiger charge is -2.27. The van der Waals surface area contributed by atoms with Crippen LogP contribution < -0.4 is 10.6 Å². The second kappa shape index (κ2) is 6.41. The van der Waals surface area contributed by atoms with Crippen molar-refractivity contribution in [3.63, 3.8) is 0 Å². The van der Waals surface area contributed by atoms with Crippen LogP contribution in [0.2, 0.25) is 0 Å². The SMILES string of the molecule is CC1CCC(NCCNC(C)C)CC1. The minimum atomic E-state index is 0.614. The lowest BCUT2D eigenvalue weighted by molar-refractivity contribution is 0.307. The molecule has 0 aliphatic heterocycles. The molecular formula is C12H26N2. The summed E-state index contributed by atoms with van der Waals surface area (Å²) in [6.45, 7) is 8.99. The van der Waals surface area contributed by atoms with Crippen LogP contribution in [0.4, 0.5) is 0 Å². The van der Waals surface area contributed by atoms with Crippen LogP contribution in [-0.4, -0.2) is 25.2 Å². The Hall–Kier alpha value is -0.0800. The van der Waals surface area contributed by atoms with Gasteiger partial charge in [-0.1, -0.05) is 20.8 Å². The molecule has 14 heavy (non-hydrogen) atoms. The third-order valence-corrected chi connectivity index (χ3v) is 3.13. The number of hydrogen-bond donors (Lipinski definition) is 2. The average molecular weight is 198 g/mol. The topological polar surface area (TPSA) is 24.1 Å². The molecule has 0 atom stereocenters. The van der Waals surface area contributed by atoms with Gasteiger partial charge in [0.2, 0.25) is 0 Å². The van der Waals surface area contributed by atoms with E-state index < -0.39 is 0 Å². The minimum Gasteiger partial charge on any atom is -0.313 e. The molecule has 1 aliphatic rings. The quantitative estimate of drug-likeness (QED) is 0.662. The summed E-state index contributed by atoms with van der Waals surface area (Å²) in [6, 6.07) is 1.41. The Morgan fingerprint density at radius 2 is 1.71 bits per heavy atom. The molecule has 0 saturated heterocycles. The molecule has 1 saturated carbocycles. The first-order valence-electron chi connectivity index (χ1n) is 6.15. The van der Waals surface area contributed by atoms with E-state index in [1.54, 1.807) is 0 Å². The van der Waals surface area contributed by atoms with Crippen molar-refractivity contribution in [1.82, 2.24) is 10.6 Å². The Morgan fingerprint density at radius 3 is 2.29 bits per heavy atom. The van der Waals surface area contributed by atoms with Crippen LogP contribution in [0.25, 0.3) is 0 Å². The van der Waals surface area contributed by atoms with Crippen molar-refractivity contribution in [2.45, 2.75) is 58.5 Å². The summed E-state index contributed by atoms with van der Waals surface area (Å²) in [5.41, 5.74) is 0. The third-order valence-electron chi connectivity index (χ3n) is 3.13. The van der Waals surface area contributed by atoms with Crippen LogP contribution in [0.3, 0.4) is 0 Å². The van der Waals surface area contributed by atoms with Crippen LogP contribution >= 0.6 is 0 Å². The highest BCUT2D eigenvalue weighted by Gasteiger charge is 2.16. The van der Waals surface area contributed by atoms with Gasteiger partial charge in [-0.25, -0.2) is 0 Å². The largest absolute Gasteiger partial charge is 0.313 e. The maximum absolute atomic E-state index is 3.64. The van der Waals surface area contributed by atoms with Gasteiger partial charge in [-0.15, -0.1) is 0 Å². The van der Waals surface area contributed by atoms with Crippen molar-refractivity contribution >= 4 is 0 Å². The fourth-order valence-corrected chi connectivity index (χ4v) is 2.10. The predicted molar refractivity (Wildman–Crippen MR) is 62.6 cm³/mol. The van der Waals surface area contributed by atoms with Crippen LogP contribution in [0.5, 0.6) is 0 Å². The smallest absolute Gasteiger partial charge is 0.00794 e. The predicted octanol–water partition coefficient (Wildman–Crippen LogP) is 2.15. The summed E-state index contributed by atoms with van der Waals surface area (Å²) < 4.78 is 0. The Labute approximate surface area is 88.8 Å². The van der Waals surface area contributed by atoms with Gasteiger partial charge in [-0.05, 0) is 31.6 Å². The van der Waals surface area contributed by atoms with E-state index in [0.717, 1.165) is 25.0 Å². The fourth-order valence-electron chi connectivity index (χ4n) is 2.10. The summed E-state index contributed by atoms with van der Waals surface area (Å²) in [7, 11) is 0. The lowest BCUT2D eigenvalue weighted by atomic mass is 9.87. The highest BCUT2D eigenvalue weighted by molar-refractivity contribution is 4.75. The highest BCUT2D eigenvalue weighted by atomic mass is 15.0. The van der Waals surface area contributed by atoms with Gasteiger partial charge in [0.05, 0.1) is 0 Å². The molecule has 0 aromatic heterocycles. The van der Waals surface area contributed by atoms with E-state index in [-0.39, 0.29) is 0 Å². The summed E-state index contributed by atoms with van der Waals surface area (Å²) in [6.07, 6.45) is 5.58. The van der Waals surface area contributed by atoms with Crippen molar-refractivity contribution in [2.75, 3.05) is 13.1 Å². The van der Waals surface area contributed by atoms with Crippen molar-refractivity contribution in [3.8, 4) is 0 Å². The molecule has 0 aromatic rings. The molecule has 0 bridgehead atoms. The Bertz CT molecular complexity index is 137. The second-order valence-corrected chi connectivity index (χ2v) is 5.02. The van der Waals surface area contributed by atoms with E-state index in [9.17, 15) is 0 Å². The van der Waals surface area contributed by atoms with E-state index in [1.807, 2.05) is 0 Å². The van der Waals surface area contributed by atoms with E-state index in [4.69, 9.17) is 0 Å². The second-order valence-electron chi connectivity index (χ2n) is 5.02. The molecular weight excluding hydrogens is 172 g/mol. The van der Waals surface area contributed by atoms with Gasteiger partial charge >= 0.3 is 0 Å². The zero-order valence-corrected chi connectivity index (χ0v) is 9.97. The molecule has 0 aromatic carbocycles. The molecule has 2 nitrogen and oxygen atoms in total. The lowest BCUT2D eigenvalue weighted by Crippen LogP contribution is -2.38. The van der Waals surface area contributed by atoms with Crippen molar-refractivity contribution in [2.24, 2.45) is 5.92 Å². The van der Waals surface area contributed by atoms with Crippen LogP contribution in [0.1, 0.15) is 46.5 Å². The Kier molecular flexibility index (Phi) is 5.49. The van der Waals surface area contributed by atoms with Gasteiger partial charge in [0.15, 0.2) is 0 Å². The monoisotopic (exact) mass is 198 g/mol. The molecule has 1 fully saturated rings. The maximum Gasteiger partial charge on any atom is 0.00794 e. The summed E-state index contributed by atoms with van der Waals surface area (Å²) >= 11 is 0. The minimum absolute atomic E-state index is 0.614. The van der Waals surface area contributed by atoms with E-state index in [2.05, 4.69) is 31.4 Å². The zero-order valence-electron chi connectivity index (χ0n) is 9.97. The van der Waals surface area contributed by atoms with Crippen molar-refractivity contribution in [3.05, 3.63) is 0 Å². The van der Waals surface area contributed by atoms with Gasteiger partial charge in [0, 0.05) is 25.2 Å². The molecule has 84 valence electrons. The van der Waals surface area contributed by atoms with E-state index in [1.165, 1.54) is 25.7 Å². The van der Waals surface area contributed by atoms with Crippen molar-refractivity contribution in [1.29, 1.82) is 0 Å². The zero-order chi connectivity index (χ0) is 10.4. The third kappa shape index (κ3) is 4.97. The first-order chi connectivity index (χ1) is 6.68. The molecule has 0 spiro atoms. The first-order valence-corrected chi connectivity index (χ1v) is 6.15. The summed E-state index contributed by atoms with van der Waals surface area (Å²) in [4.78, 5) is 0. The molecule has 0 radical (unpaired) electrons. The number of hydrogen-bond acceptors (Lipinski definition) is 2. The van der Waals surface area contributed by atoms with E-state index >= 15 is 0 Å². The summed E-state index contributed by atoms with van der Waals surface area (Å²) in [5, 5.41) is 7.07. The van der Waals surface area contributed by atoms with Crippen LogP contribution in [-0.2, 0) is 0 Å². The molecule has 0 heterocycles. The van der Waals surface area contributed by atoms with Crippen molar-refractivity contribution < 1.29 is 0 Å². The normalized spacial score (nSPS) is 28.3. The number of rotatable bonds is 5. The fraction of sp³-hybridized carbons (Fsp3) is 1.00. The average Bonchev–Trinajstić information content (AvgIpc) is 2.15. The van der Waals surface area contributed by atoms with Gasteiger partial charge in [0.1, 0.15) is 0 Å². The first kappa shape index (κ1) is 12.0. The van der Waals surface area contributed by atoms with Crippen LogP contribution in [0.15, 0.2) is 0 Å². The van der Waals surface area contributed by atoms with Gasteiger partial charge in [-0.3, -0.25) is 0 Å². The Morgan fingerprint density at radius 1 is 1.07 bits per heavy atom.